The Hall–Kier alpha value is -4.30. The molecule has 1 aromatic heterocycles. The number of hydrogen-bond donors (Lipinski definition) is 2. The monoisotopic (exact) mass is 479 g/mol. The van der Waals surface area contributed by atoms with Crippen molar-refractivity contribution in [2.75, 3.05) is 5.32 Å². The van der Waals surface area contributed by atoms with Crippen LogP contribution in [0.15, 0.2) is 75.9 Å². The molecule has 34 heavy (non-hydrogen) atoms. The fourth-order valence-corrected chi connectivity index (χ4v) is 3.78. The zero-order chi connectivity index (χ0) is 24.4. The second-order valence-electron chi connectivity index (χ2n) is 7.34. The van der Waals surface area contributed by atoms with Gasteiger partial charge in [-0.1, -0.05) is 23.7 Å². The van der Waals surface area contributed by atoms with Crippen molar-refractivity contribution in [3.63, 3.8) is 0 Å². The van der Waals surface area contributed by atoms with Gasteiger partial charge < -0.3 is 19.6 Å². The second-order valence-corrected chi connectivity index (χ2v) is 7.75. The summed E-state index contributed by atoms with van der Waals surface area (Å²) < 4.78 is 18.7. The van der Waals surface area contributed by atoms with Crippen LogP contribution in [0, 0.1) is 5.82 Å². The summed E-state index contributed by atoms with van der Waals surface area (Å²) in [4.78, 5) is 47.6. The molecule has 0 fully saturated rings. The number of benzene rings is 3. The van der Waals surface area contributed by atoms with Gasteiger partial charge in [-0.05, 0) is 54.1 Å². The smallest absolute Gasteiger partial charge is 0.336 e. The van der Waals surface area contributed by atoms with E-state index in [1.54, 1.807) is 6.07 Å². The van der Waals surface area contributed by atoms with Crippen LogP contribution in [0.5, 0.6) is 0 Å². The zero-order valence-electron chi connectivity index (χ0n) is 17.2. The Kier molecular flexibility index (Phi) is 6.25. The van der Waals surface area contributed by atoms with Crippen LogP contribution < -0.4 is 10.9 Å². The Balaban J connectivity index is 1.69. The fraction of sp³-hybridized carbons (Fsp3) is 0.0400. The lowest BCUT2D eigenvalue weighted by Crippen LogP contribution is -2.22. The molecule has 9 heteroatoms. The van der Waals surface area contributed by atoms with E-state index in [1.807, 2.05) is 0 Å². The van der Waals surface area contributed by atoms with Gasteiger partial charge in [-0.25, -0.2) is 14.0 Å². The number of amides is 1. The van der Waals surface area contributed by atoms with E-state index in [-0.39, 0.29) is 21.7 Å². The Morgan fingerprint density at radius 3 is 2.38 bits per heavy atom. The number of carboxylic acid groups (broad SMARTS) is 1. The van der Waals surface area contributed by atoms with E-state index in [0.717, 1.165) is 6.07 Å². The van der Waals surface area contributed by atoms with Crippen LogP contribution in [0.25, 0.3) is 22.1 Å². The van der Waals surface area contributed by atoms with E-state index < -0.39 is 29.2 Å². The number of hydrogen-bond acceptors (Lipinski definition) is 5. The largest absolute Gasteiger partial charge is 0.478 e. The average Bonchev–Trinajstić information content (AvgIpc) is 2.79. The number of carbonyl (C=O) groups is 3. The van der Waals surface area contributed by atoms with Crippen molar-refractivity contribution in [2.45, 2.75) is 5.92 Å². The minimum atomic E-state index is -1.23. The average molecular weight is 480 g/mol. The molecule has 7 nitrogen and oxygen atoms in total. The van der Waals surface area contributed by atoms with Crippen molar-refractivity contribution in [2.24, 2.45) is 0 Å². The Morgan fingerprint density at radius 2 is 1.74 bits per heavy atom. The highest BCUT2D eigenvalue weighted by molar-refractivity contribution is 6.33. The van der Waals surface area contributed by atoms with E-state index >= 15 is 0 Å². The number of fused-ring (bicyclic) bond motifs is 1. The summed E-state index contributed by atoms with van der Waals surface area (Å²) in [7, 11) is 0. The molecular weight excluding hydrogens is 465 g/mol. The number of nitrogens with one attached hydrogen (secondary N) is 1. The lowest BCUT2D eigenvalue weighted by Gasteiger charge is -2.13. The van der Waals surface area contributed by atoms with E-state index in [1.165, 1.54) is 54.6 Å². The SMILES string of the molecule is O=CC(C(=O)Nc1ccc(C(=O)O)cc1)c1ccc2c(-c3ccc(F)cc3Cl)cc(=O)oc2c1. The third-order valence-corrected chi connectivity index (χ3v) is 5.48. The third-order valence-electron chi connectivity index (χ3n) is 5.17. The molecular formula is C25H15ClFNO6. The minimum Gasteiger partial charge on any atom is -0.478 e. The molecule has 1 atom stereocenters. The summed E-state index contributed by atoms with van der Waals surface area (Å²) in [6.07, 6.45) is 0.445. The van der Waals surface area contributed by atoms with Gasteiger partial charge in [0.2, 0.25) is 5.91 Å². The Morgan fingerprint density at radius 1 is 1.00 bits per heavy atom. The van der Waals surface area contributed by atoms with Gasteiger partial charge in [0.25, 0.3) is 0 Å². The topological polar surface area (TPSA) is 114 Å². The van der Waals surface area contributed by atoms with Gasteiger partial charge >= 0.3 is 11.6 Å². The molecule has 170 valence electrons. The molecule has 2 N–H and O–H groups in total. The predicted octanol–water partition coefficient (Wildman–Crippen LogP) is 4.87. The fourth-order valence-electron chi connectivity index (χ4n) is 3.51. The van der Waals surface area contributed by atoms with E-state index in [2.05, 4.69) is 5.32 Å². The molecule has 3 aromatic carbocycles. The molecule has 0 aliphatic carbocycles. The first-order valence-corrected chi connectivity index (χ1v) is 10.3. The number of anilines is 1. The molecule has 0 saturated heterocycles. The summed E-state index contributed by atoms with van der Waals surface area (Å²) in [5.41, 5.74) is 0.884. The molecule has 0 radical (unpaired) electrons. The molecule has 0 aliphatic rings. The van der Waals surface area contributed by atoms with Crippen LogP contribution in [0.3, 0.4) is 0 Å². The van der Waals surface area contributed by atoms with Crippen molar-refractivity contribution in [1.29, 1.82) is 0 Å². The summed E-state index contributed by atoms with van der Waals surface area (Å²) in [5.74, 6) is -3.52. The Labute approximate surface area is 196 Å². The van der Waals surface area contributed by atoms with Gasteiger partial charge in [0.05, 0.1) is 10.6 Å². The standard InChI is InChI=1S/C25H15ClFNO6/c26-21-10-15(27)4-8-17(21)19-11-23(30)34-22-9-14(3-7-18(19)22)20(12-29)24(31)28-16-5-1-13(2-6-16)25(32)33/h1-12,20H,(H,28,31)(H,32,33). The van der Waals surface area contributed by atoms with E-state index in [0.29, 0.717) is 28.5 Å². The highest BCUT2D eigenvalue weighted by Gasteiger charge is 2.22. The minimum absolute atomic E-state index is 0.0477. The van der Waals surface area contributed by atoms with Gasteiger partial charge in [0.1, 0.15) is 23.6 Å². The maximum atomic E-state index is 13.5. The van der Waals surface area contributed by atoms with Crippen molar-refractivity contribution in [1.82, 2.24) is 0 Å². The van der Waals surface area contributed by atoms with Crippen molar-refractivity contribution in [3.05, 3.63) is 99.1 Å². The lowest BCUT2D eigenvalue weighted by molar-refractivity contribution is -0.122. The first-order valence-electron chi connectivity index (χ1n) is 9.89. The number of carboxylic acids is 1. The number of aldehydes is 1. The zero-order valence-corrected chi connectivity index (χ0v) is 18.0. The lowest BCUT2D eigenvalue weighted by atomic mass is 9.95. The van der Waals surface area contributed by atoms with Gasteiger partial charge in [-0.2, -0.15) is 0 Å². The van der Waals surface area contributed by atoms with Crippen molar-refractivity contribution >= 4 is 46.4 Å². The van der Waals surface area contributed by atoms with Gasteiger partial charge in [0.15, 0.2) is 0 Å². The van der Waals surface area contributed by atoms with Crippen LogP contribution in [-0.4, -0.2) is 23.3 Å². The first-order chi connectivity index (χ1) is 16.3. The number of halogens is 2. The molecule has 1 heterocycles. The second kappa shape index (κ2) is 9.29. The van der Waals surface area contributed by atoms with Crippen LogP contribution >= 0.6 is 11.6 Å². The van der Waals surface area contributed by atoms with Gasteiger partial charge in [-0.15, -0.1) is 0 Å². The van der Waals surface area contributed by atoms with Crippen molar-refractivity contribution in [3.8, 4) is 11.1 Å². The highest BCUT2D eigenvalue weighted by Crippen LogP contribution is 2.34. The number of rotatable bonds is 6. The number of carbonyl (C=O) groups excluding carboxylic acids is 2. The Bertz CT molecular complexity index is 1500. The summed E-state index contributed by atoms with van der Waals surface area (Å²) in [6, 6.07) is 15.0. The van der Waals surface area contributed by atoms with Crippen LogP contribution in [0.2, 0.25) is 5.02 Å². The molecule has 0 spiro atoms. The summed E-state index contributed by atoms with van der Waals surface area (Å²) in [6.45, 7) is 0. The number of aromatic carboxylic acids is 1. The molecule has 0 bridgehead atoms. The maximum Gasteiger partial charge on any atom is 0.336 e. The third kappa shape index (κ3) is 4.57. The normalized spacial score (nSPS) is 11.7. The van der Waals surface area contributed by atoms with Crippen molar-refractivity contribution < 1.29 is 28.3 Å². The summed E-state index contributed by atoms with van der Waals surface area (Å²) in [5, 5.41) is 12.1. The summed E-state index contributed by atoms with van der Waals surface area (Å²) >= 11 is 6.16. The van der Waals surface area contributed by atoms with E-state index in [4.69, 9.17) is 21.1 Å². The molecule has 1 amide bonds. The van der Waals surface area contributed by atoms with Gasteiger partial charge in [-0.3, -0.25) is 4.79 Å². The maximum absolute atomic E-state index is 13.5. The molecule has 4 rings (SSSR count). The molecule has 1 unspecified atom stereocenters. The molecule has 0 saturated carbocycles. The van der Waals surface area contributed by atoms with Crippen LogP contribution in [-0.2, 0) is 9.59 Å². The van der Waals surface area contributed by atoms with E-state index in [9.17, 15) is 23.6 Å². The van der Waals surface area contributed by atoms with Crippen LogP contribution in [0.4, 0.5) is 10.1 Å². The first kappa shape index (κ1) is 22.9. The highest BCUT2D eigenvalue weighted by atomic mass is 35.5. The predicted molar refractivity (Wildman–Crippen MR) is 124 cm³/mol. The quantitative estimate of drug-likeness (QED) is 0.232. The molecule has 4 aromatic rings. The van der Waals surface area contributed by atoms with Gasteiger partial charge in [0, 0.05) is 28.3 Å². The van der Waals surface area contributed by atoms with Crippen LogP contribution in [0.1, 0.15) is 21.8 Å². The molecule has 0 aliphatic heterocycles.